The van der Waals surface area contributed by atoms with Gasteiger partial charge in [0, 0.05) is 52.7 Å². The summed E-state index contributed by atoms with van der Waals surface area (Å²) < 4.78 is 33.0. The van der Waals surface area contributed by atoms with E-state index in [-0.39, 0.29) is 43.3 Å². The number of carbonyl (C=O) groups is 3. The largest absolute Gasteiger partial charge is 0.688 e. The molecular weight excluding hydrogens is 630 g/mol. The van der Waals surface area contributed by atoms with Gasteiger partial charge in [0.25, 0.3) is 5.91 Å². The number of aliphatic hydroxyl groups is 1. The average Bonchev–Trinajstić information content (AvgIpc) is 3.52. The van der Waals surface area contributed by atoms with Gasteiger partial charge in [-0.2, -0.15) is 4.67 Å². The number of unbranched alkanes of at least 4 members (excludes halogenated alkanes) is 1. The van der Waals surface area contributed by atoms with Crippen LogP contribution in [-0.2, 0) is 34.6 Å². The van der Waals surface area contributed by atoms with Crippen LogP contribution in [0.15, 0.2) is 48.5 Å². The molecule has 5 N–H and O–H groups in total. The molecule has 0 saturated heterocycles. The number of hydrogen-bond donors (Lipinski definition) is 5. The Morgan fingerprint density at radius 1 is 1.15 bits per heavy atom. The maximum atomic E-state index is 13.9. The number of hydrogen-bond acceptors (Lipinski definition) is 8. The van der Waals surface area contributed by atoms with E-state index in [0.29, 0.717) is 60.3 Å². The molecule has 3 aromatic rings. The highest BCUT2D eigenvalue weighted by Crippen LogP contribution is 2.34. The number of aryl methyl sites for hydroxylation is 1. The zero-order valence-electron chi connectivity index (χ0n) is 26.1. The number of aromatic amines is 1. The van der Waals surface area contributed by atoms with Crippen LogP contribution in [0.3, 0.4) is 0 Å². The number of amides is 3. The maximum Gasteiger partial charge on any atom is 0.688 e. The summed E-state index contributed by atoms with van der Waals surface area (Å²) in [6.45, 7) is 3.79. The fourth-order valence-corrected chi connectivity index (χ4v) is 5.86. The molecule has 3 amide bonds. The first-order valence-electron chi connectivity index (χ1n) is 15.2. The normalized spacial score (nSPS) is 14.8. The van der Waals surface area contributed by atoms with Crippen molar-refractivity contribution in [2.75, 3.05) is 25.1 Å². The van der Waals surface area contributed by atoms with E-state index in [4.69, 9.17) is 4.52 Å². The molecule has 2 heterocycles. The number of nitrogens with one attached hydrogen (secondary N) is 4. The van der Waals surface area contributed by atoms with Crippen molar-refractivity contribution in [1.82, 2.24) is 15.6 Å². The Morgan fingerprint density at radius 2 is 1.91 bits per heavy atom. The van der Waals surface area contributed by atoms with Crippen molar-refractivity contribution in [3.63, 3.8) is 0 Å². The Kier molecular flexibility index (Phi) is 12.9. The molecule has 250 valence electrons. The van der Waals surface area contributed by atoms with Gasteiger partial charge in [0.15, 0.2) is 0 Å². The maximum absolute atomic E-state index is 13.9. The number of anilines is 1. The molecule has 4 rings (SSSR count). The van der Waals surface area contributed by atoms with Crippen molar-refractivity contribution in [1.29, 1.82) is 0 Å². The molecule has 1 aliphatic heterocycles. The lowest BCUT2D eigenvalue weighted by atomic mass is 10.0. The molecular formula is C33H38FN4O8P. The van der Waals surface area contributed by atoms with Gasteiger partial charge in [0.2, 0.25) is 11.8 Å². The number of halogens is 1. The molecule has 2 aromatic carbocycles. The van der Waals surface area contributed by atoms with E-state index in [1.165, 1.54) is 18.2 Å². The second kappa shape index (κ2) is 17.1. The van der Waals surface area contributed by atoms with E-state index in [2.05, 4.69) is 25.6 Å². The third-order valence-electron chi connectivity index (χ3n) is 8.06. The molecule has 3 atom stereocenters. The van der Waals surface area contributed by atoms with E-state index in [9.17, 15) is 33.7 Å². The highest BCUT2D eigenvalue weighted by Gasteiger charge is 2.26. The summed E-state index contributed by atoms with van der Waals surface area (Å²) in [6, 6.07) is 12.1. The van der Waals surface area contributed by atoms with Crippen LogP contribution >= 0.6 is 8.25 Å². The fraction of sp³-hybridized carbons (Fsp3) is 0.364. The smallest absolute Gasteiger partial charge is 0.672 e. The van der Waals surface area contributed by atoms with Crippen molar-refractivity contribution in [2.45, 2.75) is 52.0 Å². The number of carbonyl (C=O) groups excluding carboxylic acids is 3. The van der Waals surface area contributed by atoms with Gasteiger partial charge in [-0.3, -0.25) is 14.4 Å². The second-order valence-electron chi connectivity index (χ2n) is 11.3. The van der Waals surface area contributed by atoms with E-state index in [1.54, 1.807) is 30.3 Å². The van der Waals surface area contributed by atoms with Crippen LogP contribution < -0.4 is 21.2 Å². The van der Waals surface area contributed by atoms with Gasteiger partial charge in [0.1, 0.15) is 18.5 Å². The first kappa shape index (κ1) is 35.6. The molecule has 12 nitrogen and oxygen atoms in total. The van der Waals surface area contributed by atoms with Gasteiger partial charge < -0.3 is 31.3 Å². The lowest BCUT2D eigenvalue weighted by Crippen LogP contribution is -2.40. The SMILES string of the molecule is Cc1[nH]c(/C=C2\C(=O)Nc3ccc(F)cc32)c(C)c1CCC(=O)NC(C(=O)NCCCCC(CO)CO[P+](=O)O[O-])c1ccccc1. The summed E-state index contributed by atoms with van der Waals surface area (Å²) >= 11 is 0. The highest BCUT2D eigenvalue weighted by molar-refractivity contribution is 7.33. The van der Waals surface area contributed by atoms with Crippen molar-refractivity contribution in [3.05, 3.63) is 88.0 Å². The standard InChI is InChI=1S/C33H38FN4O8P/c1-20-25(21(2)36-29(20)17-27-26-16-24(34)11-13-28(26)37-32(27)41)12-14-30(40)38-31(23-9-4-3-5-10-23)33(42)35-15-7-6-8-22(18-39)19-45-47(44)46-43/h3-5,9-11,13,16-17,22,31,36,39H,6-8,12,14-15,18-19H2,1-2H3,(H3-,35,37,38,40,41,42,43)/b27-17-. The lowest BCUT2D eigenvalue weighted by molar-refractivity contribution is -0.638. The van der Waals surface area contributed by atoms with E-state index >= 15 is 0 Å². The van der Waals surface area contributed by atoms with Crippen LogP contribution in [0.1, 0.15) is 65.4 Å². The van der Waals surface area contributed by atoms with Gasteiger partial charge in [-0.15, -0.1) is 4.52 Å². The van der Waals surface area contributed by atoms with Crippen molar-refractivity contribution < 1.29 is 42.9 Å². The van der Waals surface area contributed by atoms with Crippen LogP contribution in [0.2, 0.25) is 0 Å². The predicted octanol–water partition coefficient (Wildman–Crippen LogP) is 3.91. The van der Waals surface area contributed by atoms with Crippen LogP contribution in [0, 0.1) is 25.6 Å². The Hall–Kier alpha value is -4.26. The summed E-state index contributed by atoms with van der Waals surface area (Å²) in [6.07, 6.45) is 3.89. The van der Waals surface area contributed by atoms with Crippen molar-refractivity contribution in [2.24, 2.45) is 5.92 Å². The molecule has 0 radical (unpaired) electrons. The minimum Gasteiger partial charge on any atom is -0.672 e. The van der Waals surface area contributed by atoms with Crippen LogP contribution in [0.4, 0.5) is 10.1 Å². The second-order valence-corrected chi connectivity index (χ2v) is 12.2. The Bertz CT molecular complexity index is 1630. The number of fused-ring (bicyclic) bond motifs is 1. The van der Waals surface area contributed by atoms with E-state index in [0.717, 1.165) is 16.8 Å². The molecule has 14 heteroatoms. The van der Waals surface area contributed by atoms with Gasteiger partial charge >= 0.3 is 8.25 Å². The number of rotatable bonds is 17. The van der Waals surface area contributed by atoms with E-state index in [1.807, 2.05) is 19.9 Å². The van der Waals surface area contributed by atoms with Crippen molar-refractivity contribution >= 4 is 43.3 Å². The third kappa shape index (κ3) is 9.63. The first-order valence-corrected chi connectivity index (χ1v) is 16.3. The van der Waals surface area contributed by atoms with Gasteiger partial charge in [-0.05, 0) is 74.1 Å². The van der Waals surface area contributed by atoms with Crippen LogP contribution in [0.25, 0.3) is 11.6 Å². The van der Waals surface area contributed by atoms with Gasteiger partial charge in [0.05, 0.1) is 5.57 Å². The third-order valence-corrected chi connectivity index (χ3v) is 8.54. The summed E-state index contributed by atoms with van der Waals surface area (Å²) in [7, 11) is -2.75. The highest BCUT2D eigenvalue weighted by atomic mass is 31.1. The number of aromatic nitrogens is 1. The molecule has 0 saturated carbocycles. The number of benzene rings is 2. The number of aliphatic hydroxyl groups excluding tert-OH is 1. The number of H-pyrrole nitrogens is 1. The zero-order valence-corrected chi connectivity index (χ0v) is 27.0. The molecule has 0 spiro atoms. The topological polar surface area (TPSA) is 182 Å². The molecule has 0 fully saturated rings. The summed E-state index contributed by atoms with van der Waals surface area (Å²) in [5.41, 5.74) is 5.29. The first-order chi connectivity index (χ1) is 22.6. The average molecular weight is 669 g/mol. The minimum absolute atomic E-state index is 0.0871. The van der Waals surface area contributed by atoms with Crippen LogP contribution in [0.5, 0.6) is 0 Å². The molecule has 0 aliphatic carbocycles. The van der Waals surface area contributed by atoms with E-state index < -0.39 is 20.1 Å². The summed E-state index contributed by atoms with van der Waals surface area (Å²) in [5.74, 6) is -1.79. The fourth-order valence-electron chi connectivity index (χ4n) is 5.49. The Labute approximate surface area is 272 Å². The molecule has 47 heavy (non-hydrogen) atoms. The summed E-state index contributed by atoms with van der Waals surface area (Å²) in [4.78, 5) is 42.2. The van der Waals surface area contributed by atoms with Gasteiger partial charge in [-0.25, -0.2) is 4.39 Å². The Morgan fingerprint density at radius 3 is 2.64 bits per heavy atom. The lowest BCUT2D eigenvalue weighted by Gasteiger charge is -2.19. The molecule has 1 aliphatic rings. The molecule has 0 bridgehead atoms. The van der Waals surface area contributed by atoms with Crippen molar-refractivity contribution in [3.8, 4) is 0 Å². The molecule has 3 unspecified atom stereocenters. The monoisotopic (exact) mass is 668 g/mol. The Balaban J connectivity index is 1.34. The predicted molar refractivity (Wildman–Crippen MR) is 171 cm³/mol. The minimum atomic E-state index is -2.75. The quantitative estimate of drug-likeness (QED) is 0.0472. The summed E-state index contributed by atoms with van der Waals surface area (Å²) in [5, 5.41) is 28.0. The zero-order chi connectivity index (χ0) is 33.9. The van der Waals surface area contributed by atoms with Crippen LogP contribution in [-0.4, -0.2) is 47.6 Å². The molecule has 1 aromatic heterocycles. The van der Waals surface area contributed by atoms with Gasteiger partial charge in [-0.1, -0.05) is 36.8 Å².